The van der Waals surface area contributed by atoms with Gasteiger partial charge >= 0.3 is 0 Å². The number of pyridine rings is 1. The van der Waals surface area contributed by atoms with E-state index in [2.05, 4.69) is 21.8 Å². The highest BCUT2D eigenvalue weighted by molar-refractivity contribution is 7.07. The maximum absolute atomic E-state index is 11.7. The summed E-state index contributed by atoms with van der Waals surface area (Å²) in [6, 6.07) is 6.01. The van der Waals surface area contributed by atoms with Crippen LogP contribution < -0.4 is 0 Å². The molecule has 88 valence electrons. The standard InChI is InChI=1S/C14H15NOS/c16-14(4-2-13-7-10-17-11-13)3-1-12-5-8-15-9-6-12/h5-11H,1-4H2. The smallest absolute Gasteiger partial charge is 0.133 e. The molecule has 0 aliphatic rings. The molecule has 0 N–H and O–H groups in total. The summed E-state index contributed by atoms with van der Waals surface area (Å²) in [5.74, 6) is 0.341. The van der Waals surface area contributed by atoms with Gasteiger partial charge in [-0.2, -0.15) is 11.3 Å². The summed E-state index contributed by atoms with van der Waals surface area (Å²) in [5.41, 5.74) is 2.45. The lowest BCUT2D eigenvalue weighted by atomic mass is 10.0. The van der Waals surface area contributed by atoms with Gasteiger partial charge in [0.25, 0.3) is 0 Å². The minimum Gasteiger partial charge on any atom is -0.300 e. The summed E-state index contributed by atoms with van der Waals surface area (Å²) in [6.07, 6.45) is 6.52. The monoisotopic (exact) mass is 245 g/mol. The number of Topliss-reactive ketones (excluding diaryl/α,β-unsaturated/α-hetero) is 1. The largest absolute Gasteiger partial charge is 0.300 e. The van der Waals surface area contributed by atoms with E-state index in [-0.39, 0.29) is 0 Å². The molecule has 0 fully saturated rings. The molecule has 2 aromatic heterocycles. The summed E-state index contributed by atoms with van der Waals surface area (Å²) >= 11 is 1.68. The molecule has 17 heavy (non-hydrogen) atoms. The van der Waals surface area contributed by atoms with Crippen LogP contribution in [0.5, 0.6) is 0 Å². The third kappa shape index (κ3) is 4.11. The van der Waals surface area contributed by atoms with E-state index in [0.29, 0.717) is 18.6 Å². The second kappa shape index (κ2) is 6.30. The normalized spacial score (nSPS) is 10.4. The molecule has 0 amide bonds. The van der Waals surface area contributed by atoms with Crippen LogP contribution in [0, 0.1) is 0 Å². The average molecular weight is 245 g/mol. The number of carbonyl (C=O) groups is 1. The summed E-state index contributed by atoms with van der Waals surface area (Å²) in [4.78, 5) is 15.7. The zero-order valence-corrected chi connectivity index (χ0v) is 10.5. The first kappa shape index (κ1) is 12.0. The summed E-state index contributed by atoms with van der Waals surface area (Å²) in [6.45, 7) is 0. The van der Waals surface area contributed by atoms with Crippen molar-refractivity contribution >= 4 is 17.1 Å². The van der Waals surface area contributed by atoms with Crippen molar-refractivity contribution in [3.05, 3.63) is 52.5 Å². The molecule has 0 aromatic carbocycles. The number of carbonyl (C=O) groups excluding carboxylic acids is 1. The molecular formula is C14H15NOS. The first-order valence-corrected chi connectivity index (χ1v) is 6.70. The Labute approximate surface area is 105 Å². The van der Waals surface area contributed by atoms with Crippen molar-refractivity contribution in [2.45, 2.75) is 25.7 Å². The van der Waals surface area contributed by atoms with E-state index >= 15 is 0 Å². The van der Waals surface area contributed by atoms with Gasteiger partial charge in [0.05, 0.1) is 0 Å². The van der Waals surface area contributed by atoms with E-state index < -0.39 is 0 Å². The van der Waals surface area contributed by atoms with Crippen molar-refractivity contribution in [3.63, 3.8) is 0 Å². The minimum atomic E-state index is 0.341. The van der Waals surface area contributed by atoms with Crippen molar-refractivity contribution in [3.8, 4) is 0 Å². The molecule has 3 heteroatoms. The van der Waals surface area contributed by atoms with E-state index in [1.165, 1.54) is 11.1 Å². The molecule has 0 aliphatic carbocycles. The maximum atomic E-state index is 11.7. The first-order chi connectivity index (χ1) is 8.34. The number of hydrogen-bond acceptors (Lipinski definition) is 3. The first-order valence-electron chi connectivity index (χ1n) is 5.76. The third-order valence-electron chi connectivity index (χ3n) is 2.71. The molecule has 2 aromatic rings. The Morgan fingerprint density at radius 1 is 1.06 bits per heavy atom. The zero-order chi connectivity index (χ0) is 11.9. The molecular weight excluding hydrogens is 230 g/mol. The fraction of sp³-hybridized carbons (Fsp3) is 0.286. The molecule has 2 rings (SSSR count). The molecule has 0 aliphatic heterocycles. The second-order valence-electron chi connectivity index (χ2n) is 4.03. The Kier molecular flexibility index (Phi) is 4.45. The fourth-order valence-corrected chi connectivity index (χ4v) is 2.38. The van der Waals surface area contributed by atoms with Gasteiger partial charge in [0, 0.05) is 25.2 Å². The van der Waals surface area contributed by atoms with Crippen LogP contribution in [0.1, 0.15) is 24.0 Å². The van der Waals surface area contributed by atoms with Crippen LogP contribution >= 0.6 is 11.3 Å². The molecule has 0 spiro atoms. The summed E-state index contributed by atoms with van der Waals surface area (Å²) in [5, 5.41) is 4.16. The number of hydrogen-bond donors (Lipinski definition) is 0. The Bertz CT molecular complexity index is 450. The minimum absolute atomic E-state index is 0.341. The predicted octanol–water partition coefficient (Wildman–Crippen LogP) is 3.28. The highest BCUT2D eigenvalue weighted by atomic mass is 32.1. The molecule has 2 nitrogen and oxygen atoms in total. The van der Waals surface area contributed by atoms with Crippen LogP contribution in [0.25, 0.3) is 0 Å². The van der Waals surface area contributed by atoms with Crippen molar-refractivity contribution in [2.24, 2.45) is 0 Å². The average Bonchev–Trinajstić information content (AvgIpc) is 2.88. The molecule has 0 atom stereocenters. The number of thiophene rings is 1. The molecule has 2 heterocycles. The van der Waals surface area contributed by atoms with Gasteiger partial charge in [-0.05, 0) is 52.9 Å². The second-order valence-corrected chi connectivity index (χ2v) is 4.81. The number of aryl methyl sites for hydroxylation is 2. The van der Waals surface area contributed by atoms with E-state index in [1.807, 2.05) is 12.1 Å². The Hall–Kier alpha value is -1.48. The number of aromatic nitrogens is 1. The lowest BCUT2D eigenvalue weighted by molar-refractivity contribution is -0.119. The van der Waals surface area contributed by atoms with E-state index in [0.717, 1.165) is 12.8 Å². The number of ketones is 1. The van der Waals surface area contributed by atoms with E-state index in [4.69, 9.17) is 0 Å². The van der Waals surface area contributed by atoms with Gasteiger partial charge in [-0.1, -0.05) is 0 Å². The van der Waals surface area contributed by atoms with Crippen molar-refractivity contribution in [2.75, 3.05) is 0 Å². The van der Waals surface area contributed by atoms with Gasteiger partial charge in [0.15, 0.2) is 0 Å². The topological polar surface area (TPSA) is 30.0 Å². The van der Waals surface area contributed by atoms with E-state index in [9.17, 15) is 4.79 Å². The Balaban J connectivity index is 1.71. The predicted molar refractivity (Wildman–Crippen MR) is 70.2 cm³/mol. The molecule has 0 unspecified atom stereocenters. The van der Waals surface area contributed by atoms with Crippen LogP contribution in [0.4, 0.5) is 0 Å². The SMILES string of the molecule is O=C(CCc1ccncc1)CCc1ccsc1. The van der Waals surface area contributed by atoms with Gasteiger partial charge in [-0.3, -0.25) is 9.78 Å². The molecule has 0 radical (unpaired) electrons. The van der Waals surface area contributed by atoms with Gasteiger partial charge in [0.2, 0.25) is 0 Å². The molecule has 0 bridgehead atoms. The highest BCUT2D eigenvalue weighted by Crippen LogP contribution is 2.10. The Morgan fingerprint density at radius 2 is 1.76 bits per heavy atom. The lowest BCUT2D eigenvalue weighted by Gasteiger charge is -2.00. The van der Waals surface area contributed by atoms with Crippen LogP contribution in [0.2, 0.25) is 0 Å². The fourth-order valence-electron chi connectivity index (χ4n) is 1.68. The quantitative estimate of drug-likeness (QED) is 0.781. The maximum Gasteiger partial charge on any atom is 0.133 e. The van der Waals surface area contributed by atoms with Crippen LogP contribution in [-0.4, -0.2) is 10.8 Å². The van der Waals surface area contributed by atoms with Crippen LogP contribution in [0.15, 0.2) is 41.4 Å². The highest BCUT2D eigenvalue weighted by Gasteiger charge is 2.03. The number of nitrogens with zero attached hydrogens (tertiary/aromatic N) is 1. The van der Waals surface area contributed by atoms with Crippen LogP contribution in [0.3, 0.4) is 0 Å². The van der Waals surface area contributed by atoms with Crippen molar-refractivity contribution in [1.29, 1.82) is 0 Å². The molecule has 0 saturated heterocycles. The lowest BCUT2D eigenvalue weighted by Crippen LogP contribution is -2.01. The molecule has 0 saturated carbocycles. The van der Waals surface area contributed by atoms with Crippen molar-refractivity contribution in [1.82, 2.24) is 4.98 Å². The van der Waals surface area contributed by atoms with Gasteiger partial charge in [0.1, 0.15) is 5.78 Å². The number of rotatable bonds is 6. The van der Waals surface area contributed by atoms with Crippen LogP contribution in [-0.2, 0) is 17.6 Å². The van der Waals surface area contributed by atoms with E-state index in [1.54, 1.807) is 23.7 Å². The van der Waals surface area contributed by atoms with Gasteiger partial charge in [-0.15, -0.1) is 0 Å². The summed E-state index contributed by atoms with van der Waals surface area (Å²) in [7, 11) is 0. The summed E-state index contributed by atoms with van der Waals surface area (Å²) < 4.78 is 0. The Morgan fingerprint density at radius 3 is 2.41 bits per heavy atom. The third-order valence-corrected chi connectivity index (χ3v) is 3.45. The van der Waals surface area contributed by atoms with Gasteiger partial charge in [-0.25, -0.2) is 0 Å². The zero-order valence-electron chi connectivity index (χ0n) is 9.63. The van der Waals surface area contributed by atoms with Gasteiger partial charge < -0.3 is 0 Å². The van der Waals surface area contributed by atoms with Crippen molar-refractivity contribution < 1.29 is 4.79 Å².